The van der Waals surface area contributed by atoms with Crippen molar-refractivity contribution in [1.82, 2.24) is 9.97 Å². The van der Waals surface area contributed by atoms with E-state index in [9.17, 15) is 14.7 Å². The van der Waals surface area contributed by atoms with Gasteiger partial charge in [0.2, 0.25) is 0 Å². The van der Waals surface area contributed by atoms with E-state index >= 15 is 0 Å². The normalized spacial score (nSPS) is 11.6. The summed E-state index contributed by atoms with van der Waals surface area (Å²) in [5.74, 6) is -0.785. The number of hydrogen-bond acceptors (Lipinski definition) is 7. The Balaban J connectivity index is 1.79. The van der Waals surface area contributed by atoms with Crippen molar-refractivity contribution in [3.05, 3.63) is 77.6 Å². The molecule has 0 aliphatic heterocycles. The van der Waals surface area contributed by atoms with Crippen molar-refractivity contribution in [3.63, 3.8) is 0 Å². The number of amides is 1. The van der Waals surface area contributed by atoms with Crippen molar-refractivity contribution >= 4 is 17.6 Å². The van der Waals surface area contributed by atoms with Gasteiger partial charge in [-0.3, -0.25) is 14.8 Å². The highest BCUT2D eigenvalue weighted by atomic mass is 16.5. The third-order valence-electron chi connectivity index (χ3n) is 4.07. The zero-order valence-corrected chi connectivity index (χ0v) is 15.7. The van der Waals surface area contributed by atoms with E-state index in [2.05, 4.69) is 15.3 Å². The van der Waals surface area contributed by atoms with Crippen molar-refractivity contribution < 1.29 is 19.4 Å². The van der Waals surface area contributed by atoms with Crippen LogP contribution in [-0.2, 0) is 4.74 Å². The van der Waals surface area contributed by atoms with E-state index in [4.69, 9.17) is 10.5 Å². The highest BCUT2D eigenvalue weighted by Gasteiger charge is 2.12. The van der Waals surface area contributed by atoms with Crippen molar-refractivity contribution in [2.45, 2.75) is 13.2 Å². The SMILES string of the molecule is CCOC(=O)c1ccnc(-c2cc(C(=O)Nc3ccc(C(N)O)cc3)ccn2)c1. The molecule has 3 aromatic rings. The van der Waals surface area contributed by atoms with Gasteiger partial charge in [0.1, 0.15) is 6.23 Å². The van der Waals surface area contributed by atoms with Gasteiger partial charge in [0.05, 0.1) is 23.6 Å². The third kappa shape index (κ3) is 5.01. The molecule has 8 heteroatoms. The van der Waals surface area contributed by atoms with Gasteiger partial charge in [-0.25, -0.2) is 4.79 Å². The first-order valence-electron chi connectivity index (χ1n) is 8.92. The lowest BCUT2D eigenvalue weighted by molar-refractivity contribution is 0.0526. The Kier molecular flexibility index (Phi) is 6.28. The summed E-state index contributed by atoms with van der Waals surface area (Å²) in [6, 6.07) is 12.8. The highest BCUT2D eigenvalue weighted by molar-refractivity contribution is 6.04. The number of nitrogens with two attached hydrogens (primary N) is 1. The second kappa shape index (κ2) is 9.05. The number of rotatable bonds is 6. The first kappa shape index (κ1) is 20.1. The predicted octanol–water partition coefficient (Wildman–Crippen LogP) is 2.52. The molecule has 2 aromatic heterocycles. The lowest BCUT2D eigenvalue weighted by atomic mass is 10.1. The minimum atomic E-state index is -1.07. The van der Waals surface area contributed by atoms with Crippen LogP contribution in [0.3, 0.4) is 0 Å². The molecular weight excluding hydrogens is 372 g/mol. The fourth-order valence-electron chi connectivity index (χ4n) is 2.59. The van der Waals surface area contributed by atoms with Crippen molar-refractivity contribution in [2.24, 2.45) is 5.73 Å². The number of aliphatic hydroxyl groups is 1. The fourth-order valence-corrected chi connectivity index (χ4v) is 2.59. The summed E-state index contributed by atoms with van der Waals surface area (Å²) < 4.78 is 5.00. The second-order valence-electron chi connectivity index (χ2n) is 6.10. The van der Waals surface area contributed by atoms with Crippen LogP contribution in [0.25, 0.3) is 11.4 Å². The number of pyridine rings is 2. The van der Waals surface area contributed by atoms with Crippen LogP contribution in [0.1, 0.15) is 39.4 Å². The molecule has 2 heterocycles. The molecule has 4 N–H and O–H groups in total. The van der Waals surface area contributed by atoms with Gasteiger partial charge in [-0.1, -0.05) is 12.1 Å². The monoisotopic (exact) mass is 392 g/mol. The number of carbonyl (C=O) groups is 2. The zero-order chi connectivity index (χ0) is 20.8. The van der Waals surface area contributed by atoms with Gasteiger partial charge >= 0.3 is 5.97 Å². The zero-order valence-electron chi connectivity index (χ0n) is 15.7. The Morgan fingerprint density at radius 1 is 1.03 bits per heavy atom. The molecule has 0 aliphatic carbocycles. The van der Waals surface area contributed by atoms with E-state index < -0.39 is 12.2 Å². The summed E-state index contributed by atoms with van der Waals surface area (Å²) in [5.41, 5.74) is 8.13. The summed E-state index contributed by atoms with van der Waals surface area (Å²) in [5, 5.41) is 12.1. The standard InChI is InChI=1S/C21H20N4O4/c1-2-29-21(28)15-8-10-24-18(12-15)17-11-14(7-9-23-17)20(27)25-16-5-3-13(4-6-16)19(22)26/h3-12,19,26H,2,22H2,1H3,(H,25,27). The van der Waals surface area contributed by atoms with Gasteiger partial charge in [0.25, 0.3) is 5.91 Å². The number of anilines is 1. The van der Waals surface area contributed by atoms with Crippen LogP contribution in [-0.4, -0.2) is 33.6 Å². The van der Waals surface area contributed by atoms with Crippen LogP contribution in [0.4, 0.5) is 5.69 Å². The molecule has 1 amide bonds. The number of aliphatic hydroxyl groups excluding tert-OH is 1. The number of benzene rings is 1. The Bertz CT molecular complexity index is 1020. The molecule has 0 radical (unpaired) electrons. The van der Waals surface area contributed by atoms with Gasteiger partial charge in [0.15, 0.2) is 0 Å². The molecule has 0 bridgehead atoms. The first-order valence-corrected chi connectivity index (χ1v) is 8.92. The van der Waals surface area contributed by atoms with Crippen molar-refractivity contribution in [1.29, 1.82) is 0 Å². The fraction of sp³-hybridized carbons (Fsp3) is 0.143. The molecule has 0 fully saturated rings. The Morgan fingerprint density at radius 3 is 2.21 bits per heavy atom. The molecular formula is C21H20N4O4. The van der Waals surface area contributed by atoms with E-state index in [0.717, 1.165) is 0 Å². The van der Waals surface area contributed by atoms with Crippen LogP contribution in [0, 0.1) is 0 Å². The number of aromatic nitrogens is 2. The molecule has 1 atom stereocenters. The van der Waals surface area contributed by atoms with Gasteiger partial charge in [-0.15, -0.1) is 0 Å². The average Bonchev–Trinajstić information content (AvgIpc) is 2.74. The number of nitrogens with one attached hydrogen (secondary N) is 1. The maximum atomic E-state index is 12.6. The molecule has 29 heavy (non-hydrogen) atoms. The predicted molar refractivity (Wildman–Crippen MR) is 107 cm³/mol. The maximum Gasteiger partial charge on any atom is 0.338 e. The molecule has 1 aromatic carbocycles. The topological polar surface area (TPSA) is 127 Å². The second-order valence-corrected chi connectivity index (χ2v) is 6.10. The van der Waals surface area contributed by atoms with Gasteiger partial charge in [0, 0.05) is 23.6 Å². The summed E-state index contributed by atoms with van der Waals surface area (Å²) in [4.78, 5) is 32.9. The van der Waals surface area contributed by atoms with Crippen molar-refractivity contribution in [3.8, 4) is 11.4 Å². The molecule has 148 valence electrons. The largest absolute Gasteiger partial charge is 0.462 e. The maximum absolute atomic E-state index is 12.6. The van der Waals surface area contributed by atoms with Crippen LogP contribution < -0.4 is 11.1 Å². The number of hydrogen-bond donors (Lipinski definition) is 3. The van der Waals surface area contributed by atoms with Crippen LogP contribution >= 0.6 is 0 Å². The van der Waals surface area contributed by atoms with Crippen molar-refractivity contribution in [2.75, 3.05) is 11.9 Å². The average molecular weight is 392 g/mol. The first-order chi connectivity index (χ1) is 14.0. The summed E-state index contributed by atoms with van der Waals surface area (Å²) in [6.07, 6.45) is 1.92. The molecule has 1 unspecified atom stereocenters. The number of nitrogens with zero attached hydrogens (tertiary/aromatic N) is 2. The van der Waals surface area contributed by atoms with E-state index in [0.29, 0.717) is 33.8 Å². The number of ether oxygens (including phenoxy) is 1. The summed E-state index contributed by atoms with van der Waals surface area (Å²) in [7, 11) is 0. The minimum Gasteiger partial charge on any atom is -0.462 e. The molecule has 8 nitrogen and oxygen atoms in total. The Labute approximate surface area is 167 Å². The van der Waals surface area contributed by atoms with E-state index in [-0.39, 0.29) is 12.5 Å². The quantitative estimate of drug-likeness (QED) is 0.434. The van der Waals surface area contributed by atoms with Gasteiger partial charge in [-0.2, -0.15) is 0 Å². The Morgan fingerprint density at radius 2 is 1.62 bits per heavy atom. The lowest BCUT2D eigenvalue weighted by Crippen LogP contribution is -2.13. The summed E-state index contributed by atoms with van der Waals surface area (Å²) in [6.45, 7) is 2.00. The van der Waals surface area contributed by atoms with Gasteiger partial charge < -0.3 is 20.9 Å². The third-order valence-corrected chi connectivity index (χ3v) is 4.07. The molecule has 0 spiro atoms. The van der Waals surface area contributed by atoms with E-state index in [1.807, 2.05) is 0 Å². The molecule has 0 saturated carbocycles. The summed E-state index contributed by atoms with van der Waals surface area (Å²) >= 11 is 0. The van der Waals surface area contributed by atoms with E-state index in [1.165, 1.54) is 12.4 Å². The lowest BCUT2D eigenvalue weighted by Gasteiger charge is -2.09. The highest BCUT2D eigenvalue weighted by Crippen LogP contribution is 2.19. The van der Waals surface area contributed by atoms with Crippen LogP contribution in [0.5, 0.6) is 0 Å². The Hall–Kier alpha value is -3.62. The minimum absolute atomic E-state index is 0.273. The number of esters is 1. The molecule has 3 rings (SSSR count). The number of carbonyl (C=O) groups excluding carboxylic acids is 2. The molecule has 0 aliphatic rings. The van der Waals surface area contributed by atoms with Crippen LogP contribution in [0.2, 0.25) is 0 Å². The van der Waals surface area contributed by atoms with Crippen LogP contribution in [0.15, 0.2) is 60.9 Å². The van der Waals surface area contributed by atoms with Gasteiger partial charge in [-0.05, 0) is 48.9 Å². The molecule has 0 saturated heterocycles. The van der Waals surface area contributed by atoms with E-state index in [1.54, 1.807) is 55.5 Å². The smallest absolute Gasteiger partial charge is 0.338 e.